The van der Waals surface area contributed by atoms with Crippen molar-refractivity contribution in [3.63, 3.8) is 0 Å². The van der Waals surface area contributed by atoms with Gasteiger partial charge in [0, 0.05) is 5.56 Å². The number of hydrogen-bond donors (Lipinski definition) is 1. The number of benzene rings is 1. The van der Waals surface area contributed by atoms with Crippen molar-refractivity contribution in [1.82, 2.24) is 9.97 Å². The van der Waals surface area contributed by atoms with E-state index in [9.17, 15) is 4.79 Å². The molecule has 0 unspecified atom stereocenters. The van der Waals surface area contributed by atoms with E-state index in [1.165, 1.54) is 11.8 Å². The van der Waals surface area contributed by atoms with E-state index in [1.807, 2.05) is 24.3 Å². The van der Waals surface area contributed by atoms with Crippen LogP contribution in [0.15, 0.2) is 30.5 Å². The van der Waals surface area contributed by atoms with E-state index in [1.54, 1.807) is 0 Å². The fourth-order valence-electron chi connectivity index (χ4n) is 1.78. The summed E-state index contributed by atoms with van der Waals surface area (Å²) in [6, 6.07) is 7.76. The molecule has 0 aliphatic rings. The lowest BCUT2D eigenvalue weighted by molar-refractivity contribution is 0.0690. The van der Waals surface area contributed by atoms with Gasteiger partial charge in [-0.25, -0.2) is 14.8 Å². The van der Waals surface area contributed by atoms with Crippen molar-refractivity contribution in [3.05, 3.63) is 46.7 Å². The Morgan fingerprint density at radius 3 is 2.30 bits per heavy atom. The molecule has 5 heteroatoms. The minimum Gasteiger partial charge on any atom is -0.476 e. The molecule has 0 bridgehead atoms. The Morgan fingerprint density at radius 1 is 1.20 bits per heavy atom. The van der Waals surface area contributed by atoms with Crippen molar-refractivity contribution in [3.8, 4) is 11.4 Å². The normalized spacial score (nSPS) is 11.4. The molecule has 20 heavy (non-hydrogen) atoms. The van der Waals surface area contributed by atoms with Crippen LogP contribution in [0.3, 0.4) is 0 Å². The molecule has 0 atom stereocenters. The van der Waals surface area contributed by atoms with Gasteiger partial charge in [0.2, 0.25) is 0 Å². The zero-order chi connectivity index (χ0) is 14.9. The van der Waals surface area contributed by atoms with Gasteiger partial charge in [-0.2, -0.15) is 0 Å². The number of carboxylic acid groups (broad SMARTS) is 1. The maximum absolute atomic E-state index is 11.0. The van der Waals surface area contributed by atoms with Crippen molar-refractivity contribution in [1.29, 1.82) is 0 Å². The number of aromatic nitrogens is 2. The van der Waals surface area contributed by atoms with Crippen LogP contribution in [0.1, 0.15) is 36.8 Å². The van der Waals surface area contributed by atoms with Crippen LogP contribution < -0.4 is 0 Å². The number of hydrogen-bond acceptors (Lipinski definition) is 3. The minimum atomic E-state index is -1.16. The van der Waals surface area contributed by atoms with Crippen molar-refractivity contribution >= 4 is 17.6 Å². The van der Waals surface area contributed by atoms with E-state index < -0.39 is 5.97 Å². The highest BCUT2D eigenvalue weighted by Crippen LogP contribution is 2.25. The maximum Gasteiger partial charge on any atom is 0.356 e. The Hall–Kier alpha value is -1.94. The summed E-state index contributed by atoms with van der Waals surface area (Å²) in [6.45, 7) is 6.38. The topological polar surface area (TPSA) is 63.1 Å². The number of carbonyl (C=O) groups is 1. The smallest absolute Gasteiger partial charge is 0.356 e. The Bertz CT molecular complexity index is 646. The molecule has 2 rings (SSSR count). The van der Waals surface area contributed by atoms with Crippen LogP contribution in [0.25, 0.3) is 11.4 Å². The highest BCUT2D eigenvalue weighted by Gasteiger charge is 2.15. The molecule has 1 aromatic heterocycles. The summed E-state index contributed by atoms with van der Waals surface area (Å²) in [5.74, 6) is -0.808. The maximum atomic E-state index is 11.0. The molecule has 0 saturated carbocycles. The molecule has 0 spiro atoms. The van der Waals surface area contributed by atoms with E-state index >= 15 is 0 Å². The summed E-state index contributed by atoms with van der Waals surface area (Å²) in [7, 11) is 0. The molecule has 2 aromatic rings. The van der Waals surface area contributed by atoms with Crippen LogP contribution in [-0.2, 0) is 5.41 Å². The van der Waals surface area contributed by atoms with Gasteiger partial charge in [-0.05, 0) is 11.0 Å². The summed E-state index contributed by atoms with van der Waals surface area (Å²) >= 11 is 5.76. The second-order valence-corrected chi connectivity index (χ2v) is 5.93. The van der Waals surface area contributed by atoms with Gasteiger partial charge >= 0.3 is 5.97 Å². The first-order chi connectivity index (χ1) is 9.29. The summed E-state index contributed by atoms with van der Waals surface area (Å²) in [6.07, 6.45) is 1.31. The van der Waals surface area contributed by atoms with Gasteiger partial charge in [-0.3, -0.25) is 0 Å². The molecule has 4 nitrogen and oxygen atoms in total. The molecule has 0 amide bonds. The van der Waals surface area contributed by atoms with Crippen molar-refractivity contribution in [2.75, 3.05) is 0 Å². The van der Waals surface area contributed by atoms with Crippen LogP contribution >= 0.6 is 11.6 Å². The zero-order valence-electron chi connectivity index (χ0n) is 11.5. The average molecular weight is 291 g/mol. The molecule has 1 heterocycles. The van der Waals surface area contributed by atoms with Gasteiger partial charge in [0.1, 0.15) is 0 Å². The molecule has 0 radical (unpaired) electrons. The molecule has 104 valence electrons. The monoisotopic (exact) mass is 290 g/mol. The molecule has 0 aliphatic carbocycles. The van der Waals surface area contributed by atoms with E-state index in [2.05, 4.69) is 30.7 Å². The number of aromatic carboxylic acids is 1. The second kappa shape index (κ2) is 5.21. The number of halogens is 1. The first-order valence-corrected chi connectivity index (χ1v) is 6.53. The minimum absolute atomic E-state index is 0.0348. The van der Waals surface area contributed by atoms with Gasteiger partial charge in [0.05, 0.1) is 11.2 Å². The van der Waals surface area contributed by atoms with Gasteiger partial charge in [0.15, 0.2) is 11.5 Å². The second-order valence-electron chi connectivity index (χ2n) is 5.52. The Labute approximate surface area is 122 Å². The van der Waals surface area contributed by atoms with Crippen molar-refractivity contribution in [2.45, 2.75) is 26.2 Å². The standard InChI is InChI=1S/C15H15ClN2O2/c1-15(2,3)10-6-4-9(5-7-10)13-17-8-11(16)12(18-13)14(19)20/h4-8H,1-3H3,(H,19,20). The largest absolute Gasteiger partial charge is 0.476 e. The molecule has 0 saturated heterocycles. The summed E-state index contributed by atoms with van der Waals surface area (Å²) in [4.78, 5) is 19.1. The van der Waals surface area contributed by atoms with E-state index in [-0.39, 0.29) is 16.1 Å². The zero-order valence-corrected chi connectivity index (χ0v) is 12.3. The number of nitrogens with zero attached hydrogens (tertiary/aromatic N) is 2. The van der Waals surface area contributed by atoms with Gasteiger partial charge < -0.3 is 5.11 Å². The van der Waals surface area contributed by atoms with Crippen molar-refractivity contribution < 1.29 is 9.90 Å². The molecular weight excluding hydrogens is 276 g/mol. The SMILES string of the molecule is CC(C)(C)c1ccc(-c2ncc(Cl)c(C(=O)O)n2)cc1. The number of carboxylic acids is 1. The third-order valence-electron chi connectivity index (χ3n) is 2.96. The van der Waals surface area contributed by atoms with Crippen molar-refractivity contribution in [2.24, 2.45) is 0 Å². The molecule has 0 aliphatic heterocycles. The summed E-state index contributed by atoms with van der Waals surface area (Å²) in [5, 5.41) is 9.05. The Morgan fingerprint density at radius 2 is 1.80 bits per heavy atom. The van der Waals surface area contributed by atoms with Crippen LogP contribution in [0.5, 0.6) is 0 Å². The highest BCUT2D eigenvalue weighted by atomic mass is 35.5. The first kappa shape index (κ1) is 14.5. The van der Waals surface area contributed by atoms with Crippen LogP contribution in [-0.4, -0.2) is 21.0 Å². The number of rotatable bonds is 2. The molecule has 0 fully saturated rings. The van der Waals surface area contributed by atoms with Gasteiger partial charge in [-0.15, -0.1) is 0 Å². The van der Waals surface area contributed by atoms with E-state index in [4.69, 9.17) is 16.7 Å². The van der Waals surface area contributed by atoms with Crippen LogP contribution in [0, 0.1) is 0 Å². The van der Waals surface area contributed by atoms with Gasteiger partial charge in [0.25, 0.3) is 0 Å². The fourth-order valence-corrected chi connectivity index (χ4v) is 1.95. The van der Waals surface area contributed by atoms with E-state index in [0.717, 1.165) is 5.56 Å². The Kier molecular flexibility index (Phi) is 3.77. The third kappa shape index (κ3) is 2.96. The average Bonchev–Trinajstić information content (AvgIpc) is 2.38. The molecular formula is C15H15ClN2O2. The predicted molar refractivity (Wildman–Crippen MR) is 78.1 cm³/mol. The highest BCUT2D eigenvalue weighted by molar-refractivity contribution is 6.33. The summed E-state index contributed by atoms with van der Waals surface area (Å²) in [5.41, 5.74) is 1.83. The van der Waals surface area contributed by atoms with Crippen LogP contribution in [0.4, 0.5) is 0 Å². The quantitative estimate of drug-likeness (QED) is 0.914. The fraction of sp³-hybridized carbons (Fsp3) is 0.267. The molecule has 1 aromatic carbocycles. The summed E-state index contributed by atoms with van der Waals surface area (Å²) < 4.78 is 0. The predicted octanol–water partition coefficient (Wildman–Crippen LogP) is 3.79. The lowest BCUT2D eigenvalue weighted by Crippen LogP contribution is -2.10. The lowest BCUT2D eigenvalue weighted by atomic mass is 9.87. The first-order valence-electron chi connectivity index (χ1n) is 6.16. The Balaban J connectivity index is 2.42. The van der Waals surface area contributed by atoms with Gasteiger partial charge in [-0.1, -0.05) is 56.6 Å². The third-order valence-corrected chi connectivity index (χ3v) is 3.23. The molecule has 1 N–H and O–H groups in total. The van der Waals surface area contributed by atoms with Crippen LogP contribution in [0.2, 0.25) is 5.02 Å². The van der Waals surface area contributed by atoms with E-state index in [0.29, 0.717) is 5.82 Å². The lowest BCUT2D eigenvalue weighted by Gasteiger charge is -2.19.